The highest BCUT2D eigenvalue weighted by Gasteiger charge is 2.06. The molecule has 0 aromatic carbocycles. The lowest BCUT2D eigenvalue weighted by atomic mass is 10.1. The first-order valence-electron chi connectivity index (χ1n) is 5.17. The number of carboxylic acids is 1. The summed E-state index contributed by atoms with van der Waals surface area (Å²) in [7, 11) is 0. The van der Waals surface area contributed by atoms with Crippen molar-refractivity contribution in [2.24, 2.45) is 0 Å². The van der Waals surface area contributed by atoms with Crippen molar-refractivity contribution in [3.63, 3.8) is 0 Å². The Morgan fingerprint density at radius 3 is 2.29 bits per heavy atom. The zero-order valence-electron chi connectivity index (χ0n) is 8.48. The lowest BCUT2D eigenvalue weighted by molar-refractivity contribution is -0.137. The Hall–Kier alpha value is -0.610. The van der Waals surface area contributed by atoms with E-state index in [0.29, 0.717) is 12.8 Å². The van der Waals surface area contributed by atoms with Crippen molar-refractivity contribution in [3.05, 3.63) is 0 Å². The molecule has 14 heavy (non-hydrogen) atoms. The maximum atomic E-state index is 10.2. The first-order chi connectivity index (χ1) is 6.66. The van der Waals surface area contributed by atoms with Gasteiger partial charge in [-0.15, -0.1) is 0 Å². The van der Waals surface area contributed by atoms with Crippen LogP contribution in [0.2, 0.25) is 0 Å². The molecule has 0 saturated carbocycles. The standard InChI is InChI=1S/C10H20O4/c11-8-4-2-1-3-5-9(12)6-7-10(13)14/h9,11-12H,1-8H2,(H,13,14). The minimum Gasteiger partial charge on any atom is -0.481 e. The van der Waals surface area contributed by atoms with Crippen LogP contribution in [0.3, 0.4) is 0 Å². The average Bonchev–Trinajstić information content (AvgIpc) is 2.14. The maximum absolute atomic E-state index is 10.2. The van der Waals surface area contributed by atoms with E-state index in [9.17, 15) is 9.90 Å². The molecular formula is C10H20O4. The third-order valence-corrected chi connectivity index (χ3v) is 2.14. The molecule has 0 heterocycles. The topological polar surface area (TPSA) is 77.8 Å². The van der Waals surface area contributed by atoms with E-state index in [2.05, 4.69) is 0 Å². The average molecular weight is 204 g/mol. The van der Waals surface area contributed by atoms with E-state index in [4.69, 9.17) is 10.2 Å². The van der Waals surface area contributed by atoms with Gasteiger partial charge < -0.3 is 15.3 Å². The molecule has 0 saturated heterocycles. The molecule has 1 atom stereocenters. The van der Waals surface area contributed by atoms with Gasteiger partial charge in [-0.2, -0.15) is 0 Å². The van der Waals surface area contributed by atoms with Gasteiger partial charge in [-0.05, 0) is 19.3 Å². The SMILES string of the molecule is O=C(O)CCC(O)CCCCCCO. The van der Waals surface area contributed by atoms with Crippen molar-refractivity contribution in [1.29, 1.82) is 0 Å². The molecule has 0 rings (SSSR count). The van der Waals surface area contributed by atoms with Gasteiger partial charge in [0.1, 0.15) is 0 Å². The van der Waals surface area contributed by atoms with Crippen LogP contribution < -0.4 is 0 Å². The zero-order valence-corrected chi connectivity index (χ0v) is 8.48. The second-order valence-electron chi connectivity index (χ2n) is 3.51. The molecule has 1 unspecified atom stereocenters. The third-order valence-electron chi connectivity index (χ3n) is 2.14. The number of aliphatic hydroxyl groups is 2. The quantitative estimate of drug-likeness (QED) is 0.492. The molecule has 0 aliphatic rings. The highest BCUT2D eigenvalue weighted by atomic mass is 16.4. The number of aliphatic hydroxyl groups excluding tert-OH is 2. The van der Waals surface area contributed by atoms with E-state index in [0.717, 1.165) is 25.7 Å². The van der Waals surface area contributed by atoms with Crippen LogP contribution in [-0.4, -0.2) is 34.0 Å². The number of carbonyl (C=O) groups is 1. The Morgan fingerprint density at radius 1 is 1.07 bits per heavy atom. The molecule has 0 amide bonds. The molecule has 0 fully saturated rings. The highest BCUT2D eigenvalue weighted by molar-refractivity contribution is 5.66. The Bertz CT molecular complexity index is 147. The Balaban J connectivity index is 3.18. The molecule has 0 aliphatic carbocycles. The summed E-state index contributed by atoms with van der Waals surface area (Å²) < 4.78 is 0. The largest absolute Gasteiger partial charge is 0.481 e. The van der Waals surface area contributed by atoms with Gasteiger partial charge in [0.2, 0.25) is 0 Å². The van der Waals surface area contributed by atoms with E-state index >= 15 is 0 Å². The van der Waals surface area contributed by atoms with Crippen LogP contribution in [0.4, 0.5) is 0 Å². The van der Waals surface area contributed by atoms with Crippen molar-refractivity contribution in [2.75, 3.05) is 6.61 Å². The van der Waals surface area contributed by atoms with Gasteiger partial charge in [-0.1, -0.05) is 19.3 Å². The van der Waals surface area contributed by atoms with Gasteiger partial charge in [0, 0.05) is 13.0 Å². The van der Waals surface area contributed by atoms with Gasteiger partial charge >= 0.3 is 5.97 Å². The Kier molecular flexibility index (Phi) is 8.57. The monoisotopic (exact) mass is 204 g/mol. The smallest absolute Gasteiger partial charge is 0.303 e. The predicted molar refractivity (Wildman–Crippen MR) is 53.0 cm³/mol. The van der Waals surface area contributed by atoms with Crippen LogP contribution >= 0.6 is 0 Å². The van der Waals surface area contributed by atoms with Gasteiger partial charge in [-0.25, -0.2) is 0 Å². The van der Waals surface area contributed by atoms with Crippen LogP contribution in [0, 0.1) is 0 Å². The number of unbranched alkanes of at least 4 members (excludes halogenated alkanes) is 3. The van der Waals surface area contributed by atoms with Crippen LogP contribution in [-0.2, 0) is 4.79 Å². The van der Waals surface area contributed by atoms with Crippen molar-refractivity contribution < 1.29 is 20.1 Å². The molecule has 0 radical (unpaired) electrons. The van der Waals surface area contributed by atoms with Crippen LogP contribution in [0.15, 0.2) is 0 Å². The molecular weight excluding hydrogens is 184 g/mol. The third kappa shape index (κ3) is 9.48. The second-order valence-corrected chi connectivity index (χ2v) is 3.51. The first-order valence-corrected chi connectivity index (χ1v) is 5.17. The second kappa shape index (κ2) is 8.97. The molecule has 3 N–H and O–H groups in total. The molecule has 4 nitrogen and oxygen atoms in total. The summed E-state index contributed by atoms with van der Waals surface area (Å²) in [6.07, 6.45) is 4.24. The minimum atomic E-state index is -0.857. The fourth-order valence-electron chi connectivity index (χ4n) is 1.28. The number of hydrogen-bond donors (Lipinski definition) is 3. The van der Waals surface area contributed by atoms with Crippen LogP contribution in [0.25, 0.3) is 0 Å². The molecule has 0 bridgehead atoms. The van der Waals surface area contributed by atoms with E-state index < -0.39 is 12.1 Å². The first kappa shape index (κ1) is 13.4. The van der Waals surface area contributed by atoms with Crippen molar-refractivity contribution >= 4 is 5.97 Å². The fourth-order valence-corrected chi connectivity index (χ4v) is 1.28. The number of hydrogen-bond acceptors (Lipinski definition) is 3. The molecule has 0 aromatic heterocycles. The summed E-state index contributed by atoms with van der Waals surface area (Å²) in [4.78, 5) is 10.2. The van der Waals surface area contributed by atoms with E-state index in [1.165, 1.54) is 0 Å². The van der Waals surface area contributed by atoms with Crippen molar-refractivity contribution in [3.8, 4) is 0 Å². The maximum Gasteiger partial charge on any atom is 0.303 e. The summed E-state index contributed by atoms with van der Waals surface area (Å²) in [5, 5.41) is 26.2. The van der Waals surface area contributed by atoms with Crippen molar-refractivity contribution in [2.45, 2.75) is 51.0 Å². The fraction of sp³-hybridized carbons (Fsp3) is 0.900. The molecule has 4 heteroatoms. The van der Waals surface area contributed by atoms with Crippen LogP contribution in [0.1, 0.15) is 44.9 Å². The number of aliphatic carboxylic acids is 1. The van der Waals surface area contributed by atoms with Crippen molar-refractivity contribution in [1.82, 2.24) is 0 Å². The zero-order chi connectivity index (χ0) is 10.8. The van der Waals surface area contributed by atoms with Gasteiger partial charge in [-0.3, -0.25) is 4.79 Å². The number of carboxylic acid groups (broad SMARTS) is 1. The number of rotatable bonds is 9. The summed E-state index contributed by atoms with van der Waals surface area (Å²) in [6.45, 7) is 0.224. The molecule has 0 spiro atoms. The Morgan fingerprint density at radius 2 is 1.71 bits per heavy atom. The van der Waals surface area contributed by atoms with Crippen LogP contribution in [0.5, 0.6) is 0 Å². The van der Waals surface area contributed by atoms with Gasteiger partial charge in [0.25, 0.3) is 0 Å². The summed E-state index contributed by atoms with van der Waals surface area (Å²) in [5.41, 5.74) is 0. The predicted octanol–water partition coefficient (Wildman–Crippen LogP) is 1.15. The molecule has 0 aliphatic heterocycles. The summed E-state index contributed by atoms with van der Waals surface area (Å²) >= 11 is 0. The summed E-state index contributed by atoms with van der Waals surface area (Å²) in [5.74, 6) is -0.857. The Labute approximate surface area is 84.6 Å². The van der Waals surface area contributed by atoms with E-state index in [-0.39, 0.29) is 13.0 Å². The molecule has 0 aromatic rings. The van der Waals surface area contributed by atoms with E-state index in [1.807, 2.05) is 0 Å². The lowest BCUT2D eigenvalue weighted by Crippen LogP contribution is -2.09. The van der Waals surface area contributed by atoms with E-state index in [1.54, 1.807) is 0 Å². The lowest BCUT2D eigenvalue weighted by Gasteiger charge is -2.08. The van der Waals surface area contributed by atoms with Gasteiger partial charge in [0.15, 0.2) is 0 Å². The summed E-state index contributed by atoms with van der Waals surface area (Å²) in [6, 6.07) is 0. The van der Waals surface area contributed by atoms with Gasteiger partial charge in [0.05, 0.1) is 6.10 Å². The minimum absolute atomic E-state index is 0.0395. The normalized spacial score (nSPS) is 12.7. The molecule has 84 valence electrons. The highest BCUT2D eigenvalue weighted by Crippen LogP contribution is 2.09.